The lowest BCUT2D eigenvalue weighted by Gasteiger charge is -2.08. The van der Waals surface area contributed by atoms with Gasteiger partial charge in [0.25, 0.3) is 0 Å². The van der Waals surface area contributed by atoms with Crippen molar-refractivity contribution in [1.29, 1.82) is 0 Å². The lowest BCUT2D eigenvalue weighted by Crippen LogP contribution is -2.00. The Hall–Kier alpha value is -1.32. The molecule has 0 N–H and O–H groups in total. The van der Waals surface area contributed by atoms with E-state index in [0.717, 1.165) is 24.5 Å². The number of aromatic nitrogens is 2. The molecule has 86 valence electrons. The van der Waals surface area contributed by atoms with Crippen LogP contribution in [0.5, 0.6) is 0 Å². The molecule has 1 fully saturated rings. The number of halogens is 2. The molecule has 0 bridgehead atoms. The zero-order valence-electron chi connectivity index (χ0n) is 8.90. The smallest absolute Gasteiger partial charge is 0.163 e. The highest BCUT2D eigenvalue weighted by Gasteiger charge is 2.25. The molecular formula is C12H9Cl2N3. The minimum atomic E-state index is 0.308. The molecular weight excluding hydrogens is 257 g/mol. The number of rotatable bonds is 2. The predicted octanol–water partition coefficient (Wildman–Crippen LogP) is 3.27. The summed E-state index contributed by atoms with van der Waals surface area (Å²) in [6.45, 7) is 1.95. The molecule has 0 amide bonds. The highest BCUT2D eigenvalue weighted by molar-refractivity contribution is 6.42. The molecule has 17 heavy (non-hydrogen) atoms. The van der Waals surface area contributed by atoms with Gasteiger partial charge in [-0.05, 0) is 0 Å². The van der Waals surface area contributed by atoms with Gasteiger partial charge in [-0.2, -0.15) is 0 Å². The highest BCUT2D eigenvalue weighted by Crippen LogP contribution is 2.34. The number of anilines is 1. The van der Waals surface area contributed by atoms with Crippen molar-refractivity contribution < 1.29 is 0 Å². The molecule has 0 atom stereocenters. The van der Waals surface area contributed by atoms with Gasteiger partial charge < -0.3 is 4.90 Å². The summed E-state index contributed by atoms with van der Waals surface area (Å²) in [7, 11) is 0. The van der Waals surface area contributed by atoms with Crippen LogP contribution in [0.25, 0.3) is 11.4 Å². The maximum atomic E-state index is 6.09. The van der Waals surface area contributed by atoms with Crippen LogP contribution in [0, 0.1) is 0 Å². The van der Waals surface area contributed by atoms with E-state index in [1.165, 1.54) is 0 Å². The summed E-state index contributed by atoms with van der Waals surface area (Å²) in [6.07, 6.45) is 0. The number of hydrogen-bond acceptors (Lipinski definition) is 3. The number of benzene rings is 1. The third-order valence-corrected chi connectivity index (χ3v) is 3.29. The summed E-state index contributed by atoms with van der Waals surface area (Å²) in [5.41, 5.74) is 0.939. The van der Waals surface area contributed by atoms with Gasteiger partial charge in [0.2, 0.25) is 0 Å². The topological polar surface area (TPSA) is 28.8 Å². The Kier molecular flexibility index (Phi) is 2.65. The van der Waals surface area contributed by atoms with Crippen LogP contribution < -0.4 is 4.90 Å². The van der Waals surface area contributed by atoms with E-state index in [2.05, 4.69) is 14.9 Å². The van der Waals surface area contributed by atoms with E-state index >= 15 is 0 Å². The van der Waals surface area contributed by atoms with Gasteiger partial charge in [-0.25, -0.2) is 9.97 Å². The molecule has 3 nitrogen and oxygen atoms in total. The van der Waals surface area contributed by atoms with Crippen molar-refractivity contribution in [3.05, 3.63) is 40.5 Å². The Morgan fingerprint density at radius 3 is 2.35 bits per heavy atom. The van der Waals surface area contributed by atoms with E-state index < -0.39 is 0 Å². The largest absolute Gasteiger partial charge is 0.352 e. The summed E-state index contributed by atoms with van der Waals surface area (Å²) in [5, 5.41) is 0.742. The third-order valence-electron chi connectivity index (χ3n) is 2.57. The quantitative estimate of drug-likeness (QED) is 0.617. The number of nitrogens with zero attached hydrogens (tertiary/aromatic N) is 3. The summed E-state index contributed by atoms with van der Waals surface area (Å²) in [5.74, 6) is 1.34. The van der Waals surface area contributed by atoms with E-state index in [9.17, 15) is 0 Å². The Labute approximate surface area is 109 Å². The first kappa shape index (κ1) is 10.8. The fourth-order valence-corrected chi connectivity index (χ4v) is 1.96. The van der Waals surface area contributed by atoms with Gasteiger partial charge in [-0.3, -0.25) is 0 Å². The second-order valence-corrected chi connectivity index (χ2v) is 4.56. The van der Waals surface area contributed by atoms with Crippen molar-refractivity contribution in [2.75, 3.05) is 18.0 Å². The normalized spacial score (nSPS) is 13.9. The van der Waals surface area contributed by atoms with E-state index in [-0.39, 0.29) is 0 Å². The molecule has 3 rings (SSSR count). The van der Waals surface area contributed by atoms with Crippen molar-refractivity contribution >= 4 is 29.0 Å². The molecule has 1 aliphatic heterocycles. The van der Waals surface area contributed by atoms with Crippen LogP contribution in [0.15, 0.2) is 30.3 Å². The monoisotopic (exact) mass is 265 g/mol. The lowest BCUT2D eigenvalue weighted by atomic mass is 10.2. The second kappa shape index (κ2) is 4.17. The average molecular weight is 266 g/mol. The molecule has 1 aromatic carbocycles. The molecule has 1 saturated heterocycles. The van der Waals surface area contributed by atoms with E-state index in [4.69, 9.17) is 23.2 Å². The summed E-state index contributed by atoms with van der Waals surface area (Å²) >= 11 is 12.1. The van der Waals surface area contributed by atoms with E-state index in [1.807, 2.05) is 30.3 Å². The number of hydrogen-bond donors (Lipinski definition) is 0. The van der Waals surface area contributed by atoms with Gasteiger partial charge in [0.1, 0.15) is 5.02 Å². The molecule has 0 radical (unpaired) electrons. The van der Waals surface area contributed by atoms with Crippen molar-refractivity contribution in [2.45, 2.75) is 0 Å². The van der Waals surface area contributed by atoms with Crippen LogP contribution in [0.3, 0.4) is 0 Å². The fourth-order valence-electron chi connectivity index (χ4n) is 1.60. The standard InChI is InChI=1S/C12H9Cl2N3/c13-9-10(14)15-11(8-4-2-1-3-5-8)16-12(9)17-6-7-17/h1-5H,6-7H2. The van der Waals surface area contributed by atoms with Crippen LogP contribution >= 0.6 is 23.2 Å². The second-order valence-electron chi connectivity index (χ2n) is 3.83. The molecule has 0 aliphatic carbocycles. The van der Waals surface area contributed by atoms with Crippen LogP contribution in [-0.4, -0.2) is 23.1 Å². The van der Waals surface area contributed by atoms with Crippen LogP contribution in [0.1, 0.15) is 0 Å². The third kappa shape index (κ3) is 2.08. The average Bonchev–Trinajstić information content (AvgIpc) is 3.18. The maximum absolute atomic E-state index is 6.09. The van der Waals surface area contributed by atoms with Gasteiger partial charge in [-0.1, -0.05) is 53.5 Å². The lowest BCUT2D eigenvalue weighted by molar-refractivity contribution is 1.14. The molecule has 1 aromatic heterocycles. The maximum Gasteiger partial charge on any atom is 0.163 e. The SMILES string of the molecule is Clc1nc(-c2ccccc2)nc(N2CC2)c1Cl. The molecule has 0 saturated carbocycles. The Morgan fingerprint density at radius 1 is 1.00 bits per heavy atom. The Bertz CT molecular complexity index is 553. The molecule has 2 aromatic rings. The fraction of sp³-hybridized carbons (Fsp3) is 0.167. The molecule has 2 heterocycles. The van der Waals surface area contributed by atoms with Crippen LogP contribution in [0.2, 0.25) is 10.2 Å². The van der Waals surface area contributed by atoms with Crippen molar-refractivity contribution in [3.8, 4) is 11.4 Å². The van der Waals surface area contributed by atoms with Gasteiger partial charge in [0, 0.05) is 18.7 Å². The van der Waals surface area contributed by atoms with Gasteiger partial charge >= 0.3 is 0 Å². The zero-order chi connectivity index (χ0) is 11.8. The summed E-state index contributed by atoms with van der Waals surface area (Å²) < 4.78 is 0. The van der Waals surface area contributed by atoms with Crippen molar-refractivity contribution in [2.24, 2.45) is 0 Å². The Balaban J connectivity index is 2.12. The first-order valence-electron chi connectivity index (χ1n) is 5.29. The van der Waals surface area contributed by atoms with Crippen molar-refractivity contribution in [1.82, 2.24) is 9.97 Å². The van der Waals surface area contributed by atoms with Gasteiger partial charge in [-0.15, -0.1) is 0 Å². The molecule has 0 unspecified atom stereocenters. The molecule has 5 heteroatoms. The van der Waals surface area contributed by atoms with Crippen molar-refractivity contribution in [3.63, 3.8) is 0 Å². The first-order valence-corrected chi connectivity index (χ1v) is 6.05. The minimum Gasteiger partial charge on any atom is -0.352 e. The van der Waals surface area contributed by atoms with E-state index in [0.29, 0.717) is 16.0 Å². The van der Waals surface area contributed by atoms with Crippen LogP contribution in [0.4, 0.5) is 5.82 Å². The summed E-state index contributed by atoms with van der Waals surface area (Å²) in [6, 6.07) is 9.74. The zero-order valence-corrected chi connectivity index (χ0v) is 10.4. The van der Waals surface area contributed by atoms with Gasteiger partial charge in [0.15, 0.2) is 16.8 Å². The Morgan fingerprint density at radius 2 is 1.71 bits per heavy atom. The van der Waals surface area contributed by atoms with Gasteiger partial charge in [0.05, 0.1) is 0 Å². The summed E-state index contributed by atoms with van der Waals surface area (Å²) in [4.78, 5) is 10.7. The van der Waals surface area contributed by atoms with E-state index in [1.54, 1.807) is 0 Å². The first-order chi connectivity index (χ1) is 8.25. The molecule has 1 aliphatic rings. The van der Waals surface area contributed by atoms with Crippen LogP contribution in [-0.2, 0) is 0 Å². The predicted molar refractivity (Wildman–Crippen MR) is 69.7 cm³/mol. The highest BCUT2D eigenvalue weighted by atomic mass is 35.5. The minimum absolute atomic E-state index is 0.308. The molecule has 0 spiro atoms.